The quantitative estimate of drug-likeness (QED) is 0.280. The molecule has 9 heteroatoms. The van der Waals surface area contributed by atoms with E-state index in [9.17, 15) is 4.79 Å². The van der Waals surface area contributed by atoms with Crippen LogP contribution in [0.2, 0.25) is 0 Å². The summed E-state index contributed by atoms with van der Waals surface area (Å²) in [5.74, 6) is 1.62. The molecule has 0 spiro atoms. The fraction of sp³-hybridized carbons (Fsp3) is 0.346. The molecular weight excluding hydrogens is 458 g/mol. The smallest absolute Gasteiger partial charge is 0.319 e. The molecule has 1 aliphatic rings. The third kappa shape index (κ3) is 5.45. The van der Waals surface area contributed by atoms with Gasteiger partial charge in [-0.2, -0.15) is 5.10 Å². The monoisotopic (exact) mass is 489 g/mol. The Kier molecular flexibility index (Phi) is 6.68. The number of nitrogens with zero attached hydrogens (tertiary/aromatic N) is 4. The van der Waals surface area contributed by atoms with Crippen molar-refractivity contribution in [1.29, 1.82) is 0 Å². The first-order valence-corrected chi connectivity index (χ1v) is 13.0. The zero-order chi connectivity index (χ0) is 24.4. The van der Waals surface area contributed by atoms with Gasteiger partial charge in [-0.05, 0) is 62.9 Å². The molecule has 4 N–H and O–H groups in total. The van der Waals surface area contributed by atoms with E-state index < -0.39 is 0 Å². The lowest BCUT2D eigenvalue weighted by atomic mass is 10.1. The normalized spacial score (nSPS) is 13.5. The van der Waals surface area contributed by atoms with E-state index in [0.717, 1.165) is 46.9 Å². The number of carbonyl (C=O) groups is 1. The lowest BCUT2D eigenvalue weighted by Gasteiger charge is -2.13. The highest BCUT2D eigenvalue weighted by atomic mass is 32.2. The minimum absolute atomic E-state index is 0.0813. The Morgan fingerprint density at radius 2 is 2.00 bits per heavy atom. The number of nitrogen functional groups attached to an aromatic ring is 1. The molecule has 2 amide bonds. The van der Waals surface area contributed by atoms with Crippen molar-refractivity contribution in [2.45, 2.75) is 50.7 Å². The Bertz CT molecular complexity index is 1310. The van der Waals surface area contributed by atoms with E-state index in [1.165, 1.54) is 23.3 Å². The number of fused-ring (bicyclic) bond motifs is 1. The number of hydrogen-bond donors (Lipinski definition) is 3. The maximum Gasteiger partial charge on any atom is 0.319 e. The molecule has 2 aromatic heterocycles. The Morgan fingerprint density at radius 3 is 2.69 bits per heavy atom. The van der Waals surface area contributed by atoms with Gasteiger partial charge in [0.05, 0.1) is 23.4 Å². The van der Waals surface area contributed by atoms with Gasteiger partial charge in [0.1, 0.15) is 12.7 Å². The number of anilines is 2. The SMILES string of the molecule is CC(C)NC(=O)Nc1ccc(-c2c(N)c3ccc(SCCn4cncn4)cc3n2CC2CC2)cc1. The van der Waals surface area contributed by atoms with Gasteiger partial charge in [0.15, 0.2) is 0 Å². The fourth-order valence-corrected chi connectivity index (χ4v) is 5.12. The van der Waals surface area contributed by atoms with E-state index in [1.54, 1.807) is 12.7 Å². The van der Waals surface area contributed by atoms with Crippen molar-refractivity contribution in [2.24, 2.45) is 5.92 Å². The first kappa shape index (κ1) is 23.3. The van der Waals surface area contributed by atoms with Gasteiger partial charge in [0, 0.05) is 39.9 Å². The molecule has 1 aliphatic carbocycles. The van der Waals surface area contributed by atoms with Crippen LogP contribution in [0.5, 0.6) is 0 Å². The molecule has 0 aliphatic heterocycles. The summed E-state index contributed by atoms with van der Waals surface area (Å²) in [6.07, 6.45) is 5.84. The van der Waals surface area contributed by atoms with Crippen LogP contribution in [0.25, 0.3) is 22.2 Å². The first-order valence-electron chi connectivity index (χ1n) is 12.0. The van der Waals surface area contributed by atoms with Crippen molar-refractivity contribution in [3.63, 3.8) is 0 Å². The Morgan fingerprint density at radius 1 is 1.20 bits per heavy atom. The highest BCUT2D eigenvalue weighted by Gasteiger charge is 2.26. The molecule has 182 valence electrons. The summed E-state index contributed by atoms with van der Waals surface area (Å²) in [5, 5.41) is 11.0. The fourth-order valence-electron chi connectivity index (χ4n) is 4.25. The minimum Gasteiger partial charge on any atom is -0.396 e. The van der Waals surface area contributed by atoms with Gasteiger partial charge in [0.25, 0.3) is 0 Å². The summed E-state index contributed by atoms with van der Waals surface area (Å²) >= 11 is 1.81. The van der Waals surface area contributed by atoms with Crippen molar-refractivity contribution >= 4 is 40.1 Å². The van der Waals surface area contributed by atoms with Gasteiger partial charge < -0.3 is 20.9 Å². The maximum absolute atomic E-state index is 12.0. The topological polar surface area (TPSA) is 103 Å². The number of benzene rings is 2. The number of urea groups is 1. The summed E-state index contributed by atoms with van der Waals surface area (Å²) in [7, 11) is 0. The first-order chi connectivity index (χ1) is 17.0. The third-order valence-corrected chi connectivity index (χ3v) is 7.08. The molecule has 0 radical (unpaired) electrons. The number of aryl methyl sites for hydroxylation is 1. The number of nitrogens with one attached hydrogen (secondary N) is 2. The molecule has 0 atom stereocenters. The maximum atomic E-state index is 12.0. The molecule has 35 heavy (non-hydrogen) atoms. The molecular formula is C26H31N7OS. The predicted molar refractivity (Wildman–Crippen MR) is 143 cm³/mol. The molecule has 0 saturated heterocycles. The van der Waals surface area contributed by atoms with Crippen LogP contribution in [0.1, 0.15) is 26.7 Å². The number of rotatable bonds is 9. The summed E-state index contributed by atoms with van der Waals surface area (Å²) < 4.78 is 4.24. The second-order valence-corrected chi connectivity index (χ2v) is 10.5. The average Bonchev–Trinajstić information content (AvgIpc) is 3.42. The number of aromatic nitrogens is 4. The molecule has 1 saturated carbocycles. The lowest BCUT2D eigenvalue weighted by molar-refractivity contribution is 0.250. The van der Waals surface area contributed by atoms with Gasteiger partial charge in [-0.25, -0.2) is 9.78 Å². The van der Waals surface area contributed by atoms with Crippen LogP contribution in [0.4, 0.5) is 16.2 Å². The number of amides is 2. The summed E-state index contributed by atoms with van der Waals surface area (Å²) in [4.78, 5) is 17.3. The molecule has 0 unspecified atom stereocenters. The Hall–Kier alpha value is -3.46. The Labute approximate surface area is 209 Å². The van der Waals surface area contributed by atoms with Gasteiger partial charge in [0.2, 0.25) is 0 Å². The van der Waals surface area contributed by atoms with Gasteiger partial charge in [-0.1, -0.05) is 12.1 Å². The standard InChI is InChI=1S/C26H31N7OS/c1-17(2)30-26(34)31-20-7-5-19(6-8-20)25-24(27)22-10-9-21(35-12-11-32-16-28-15-29-32)13-23(22)33(25)14-18-3-4-18/h5-10,13,15-18H,3-4,11-12,14,27H2,1-2H3,(H2,30,31,34). The Balaban J connectivity index is 1.41. The zero-order valence-electron chi connectivity index (χ0n) is 20.1. The summed E-state index contributed by atoms with van der Waals surface area (Å²) in [6, 6.07) is 14.4. The van der Waals surface area contributed by atoms with Gasteiger partial charge in [-0.3, -0.25) is 4.68 Å². The molecule has 2 heterocycles. The van der Waals surface area contributed by atoms with E-state index >= 15 is 0 Å². The number of nitrogens with two attached hydrogens (primary N) is 1. The van der Waals surface area contributed by atoms with Crippen molar-refractivity contribution in [2.75, 3.05) is 16.8 Å². The van der Waals surface area contributed by atoms with Crippen LogP contribution in [0, 0.1) is 5.92 Å². The van der Waals surface area contributed by atoms with Gasteiger partial charge >= 0.3 is 6.03 Å². The van der Waals surface area contributed by atoms with E-state index in [2.05, 4.69) is 43.5 Å². The van der Waals surface area contributed by atoms with Crippen molar-refractivity contribution < 1.29 is 4.79 Å². The van der Waals surface area contributed by atoms with E-state index in [0.29, 0.717) is 5.92 Å². The molecule has 2 aromatic carbocycles. The van der Waals surface area contributed by atoms with Crippen molar-refractivity contribution in [1.82, 2.24) is 24.6 Å². The highest BCUT2D eigenvalue weighted by Crippen LogP contribution is 2.41. The van der Waals surface area contributed by atoms with E-state index in [-0.39, 0.29) is 12.1 Å². The van der Waals surface area contributed by atoms with Crippen LogP contribution in [0.3, 0.4) is 0 Å². The number of hydrogen-bond acceptors (Lipinski definition) is 5. The zero-order valence-corrected chi connectivity index (χ0v) is 20.9. The van der Waals surface area contributed by atoms with Crippen LogP contribution < -0.4 is 16.4 Å². The molecule has 5 rings (SSSR count). The van der Waals surface area contributed by atoms with Crippen LogP contribution in [0.15, 0.2) is 60.0 Å². The lowest BCUT2D eigenvalue weighted by Crippen LogP contribution is -2.34. The van der Waals surface area contributed by atoms with Crippen molar-refractivity contribution in [3.05, 3.63) is 55.1 Å². The molecule has 0 bridgehead atoms. The van der Waals surface area contributed by atoms with Gasteiger partial charge in [-0.15, -0.1) is 11.8 Å². The predicted octanol–water partition coefficient (Wildman–Crippen LogP) is 5.21. The molecule has 8 nitrogen and oxygen atoms in total. The molecule has 1 fully saturated rings. The summed E-state index contributed by atoms with van der Waals surface area (Å²) in [5.41, 5.74) is 11.6. The highest BCUT2D eigenvalue weighted by molar-refractivity contribution is 7.99. The van der Waals surface area contributed by atoms with Crippen LogP contribution in [-0.2, 0) is 13.1 Å². The second-order valence-electron chi connectivity index (χ2n) is 9.33. The molecule has 4 aromatic rings. The van der Waals surface area contributed by atoms with E-state index in [4.69, 9.17) is 5.73 Å². The van der Waals surface area contributed by atoms with Crippen LogP contribution >= 0.6 is 11.8 Å². The average molecular weight is 490 g/mol. The van der Waals surface area contributed by atoms with Crippen molar-refractivity contribution in [3.8, 4) is 11.3 Å². The number of carbonyl (C=O) groups excluding carboxylic acids is 1. The minimum atomic E-state index is -0.205. The summed E-state index contributed by atoms with van der Waals surface area (Å²) in [6.45, 7) is 5.65. The van der Waals surface area contributed by atoms with Crippen LogP contribution in [-0.4, -0.2) is 37.2 Å². The third-order valence-electron chi connectivity index (χ3n) is 6.10. The van der Waals surface area contributed by atoms with E-state index in [1.807, 2.05) is 54.6 Å². The second kappa shape index (κ2) is 10.0. The largest absolute Gasteiger partial charge is 0.396 e. The number of thioether (sulfide) groups is 1.